The molecule has 0 rings (SSSR count). The molecule has 0 saturated heterocycles. The topological polar surface area (TPSA) is 58.9 Å². The number of aliphatic hydroxyl groups excluding tert-OH is 2. The van der Waals surface area contributed by atoms with Gasteiger partial charge in [-0.3, -0.25) is 0 Å². The molecule has 5 heteroatoms. The summed E-state index contributed by atoms with van der Waals surface area (Å²) in [6, 6.07) is 0. The van der Waals surface area contributed by atoms with Crippen LogP contribution in [0.5, 0.6) is 0 Å². The van der Waals surface area contributed by atoms with Crippen molar-refractivity contribution in [3.05, 3.63) is 0 Å². The fourth-order valence-electron chi connectivity index (χ4n) is 2.97. The summed E-state index contributed by atoms with van der Waals surface area (Å²) in [5.74, 6) is 2.40. The Morgan fingerprint density at radius 3 is 1.41 bits per heavy atom. The Hall–Kier alpha value is 0.190. The predicted octanol–water partition coefficient (Wildman–Crippen LogP) is 4.91. The molecule has 0 aliphatic carbocycles. The second-order valence-electron chi connectivity index (χ2n) is 7.75. The lowest BCUT2D eigenvalue weighted by Gasteiger charge is -2.18. The van der Waals surface area contributed by atoms with Gasteiger partial charge < -0.3 is 19.7 Å². The highest BCUT2D eigenvalue weighted by Gasteiger charge is 2.12. The van der Waals surface area contributed by atoms with E-state index >= 15 is 0 Å². The molecule has 27 heavy (non-hydrogen) atoms. The maximum absolute atomic E-state index is 10.0. The Morgan fingerprint density at radius 2 is 1.07 bits per heavy atom. The highest BCUT2D eigenvalue weighted by molar-refractivity contribution is 7.99. The number of unbranched alkanes of at least 4 members (excludes halogenated alkanes) is 2. The second kappa shape index (κ2) is 19.5. The van der Waals surface area contributed by atoms with Crippen molar-refractivity contribution in [1.29, 1.82) is 0 Å². The van der Waals surface area contributed by atoms with E-state index in [0.717, 1.165) is 26.1 Å². The molecule has 4 unspecified atom stereocenters. The molecular weight excluding hydrogens is 360 g/mol. The molecule has 0 bridgehead atoms. The summed E-state index contributed by atoms with van der Waals surface area (Å²) in [4.78, 5) is 0. The molecular formula is C22H46O4S. The number of hydrogen-bond donors (Lipinski definition) is 2. The lowest BCUT2D eigenvalue weighted by atomic mass is 10.0. The van der Waals surface area contributed by atoms with Crippen LogP contribution in [0.3, 0.4) is 0 Å². The third kappa shape index (κ3) is 16.8. The molecule has 0 saturated carbocycles. The Kier molecular flexibility index (Phi) is 19.6. The quantitative estimate of drug-likeness (QED) is 0.301. The van der Waals surface area contributed by atoms with Crippen LogP contribution in [0.1, 0.15) is 79.1 Å². The van der Waals surface area contributed by atoms with E-state index < -0.39 is 12.2 Å². The molecule has 0 heterocycles. The zero-order valence-corrected chi connectivity index (χ0v) is 19.1. The summed E-state index contributed by atoms with van der Waals surface area (Å²) < 4.78 is 11.4. The molecule has 0 fully saturated rings. The average Bonchev–Trinajstić information content (AvgIpc) is 2.67. The molecule has 0 aromatic carbocycles. The number of ether oxygens (including phenoxy) is 2. The summed E-state index contributed by atoms with van der Waals surface area (Å²) in [6.07, 6.45) is 8.69. The summed E-state index contributed by atoms with van der Waals surface area (Å²) in [6.45, 7) is 11.1. The molecule has 0 aliphatic heterocycles. The Morgan fingerprint density at radius 1 is 0.667 bits per heavy atom. The van der Waals surface area contributed by atoms with Crippen LogP contribution in [0.4, 0.5) is 0 Å². The van der Waals surface area contributed by atoms with E-state index in [1.165, 1.54) is 38.5 Å². The minimum Gasteiger partial charge on any atom is -0.390 e. The lowest BCUT2D eigenvalue weighted by Crippen LogP contribution is -2.24. The zero-order valence-electron chi connectivity index (χ0n) is 18.3. The van der Waals surface area contributed by atoms with Gasteiger partial charge in [-0.05, 0) is 24.7 Å². The van der Waals surface area contributed by atoms with Crippen LogP contribution in [0, 0.1) is 11.8 Å². The van der Waals surface area contributed by atoms with Gasteiger partial charge in [-0.25, -0.2) is 0 Å². The Labute approximate surface area is 172 Å². The van der Waals surface area contributed by atoms with Gasteiger partial charge in [-0.15, -0.1) is 0 Å². The summed E-state index contributed by atoms with van der Waals surface area (Å²) in [7, 11) is 0. The van der Waals surface area contributed by atoms with Crippen LogP contribution in [0.25, 0.3) is 0 Å². The standard InChI is InChI=1S/C22H46O4S/c1-5-9-11-19(7-3)13-25-15-21(23)17-27-18-22(24)16-26-14-20(8-4)12-10-6-2/h19-24H,5-18H2,1-4H3. The Bertz CT molecular complexity index is 276. The molecule has 0 radical (unpaired) electrons. The van der Waals surface area contributed by atoms with Gasteiger partial charge in [0, 0.05) is 24.7 Å². The smallest absolute Gasteiger partial charge is 0.0863 e. The zero-order chi connectivity index (χ0) is 20.3. The molecule has 0 aromatic rings. The van der Waals surface area contributed by atoms with Crippen molar-refractivity contribution in [3.63, 3.8) is 0 Å². The number of rotatable bonds is 20. The number of aliphatic hydroxyl groups is 2. The lowest BCUT2D eigenvalue weighted by molar-refractivity contribution is 0.0266. The molecule has 164 valence electrons. The first-order valence-electron chi connectivity index (χ1n) is 11.2. The van der Waals surface area contributed by atoms with Crippen LogP contribution in [0.2, 0.25) is 0 Å². The van der Waals surface area contributed by atoms with Crippen LogP contribution in [-0.2, 0) is 9.47 Å². The van der Waals surface area contributed by atoms with Gasteiger partial charge in [0.25, 0.3) is 0 Å². The molecule has 0 aromatic heterocycles. The van der Waals surface area contributed by atoms with E-state index in [4.69, 9.17) is 9.47 Å². The molecule has 4 nitrogen and oxygen atoms in total. The fraction of sp³-hybridized carbons (Fsp3) is 1.00. The number of thioether (sulfide) groups is 1. The first-order valence-corrected chi connectivity index (χ1v) is 12.3. The summed E-state index contributed by atoms with van der Waals surface area (Å²) >= 11 is 1.57. The third-order valence-electron chi connectivity index (χ3n) is 5.03. The monoisotopic (exact) mass is 406 g/mol. The largest absolute Gasteiger partial charge is 0.390 e. The van der Waals surface area contributed by atoms with E-state index in [-0.39, 0.29) is 0 Å². The van der Waals surface area contributed by atoms with E-state index in [2.05, 4.69) is 27.7 Å². The van der Waals surface area contributed by atoms with Crippen LogP contribution in [0.15, 0.2) is 0 Å². The van der Waals surface area contributed by atoms with E-state index in [0.29, 0.717) is 36.6 Å². The molecule has 0 amide bonds. The van der Waals surface area contributed by atoms with Crippen molar-refractivity contribution < 1.29 is 19.7 Å². The van der Waals surface area contributed by atoms with Crippen LogP contribution in [-0.4, -0.2) is 60.4 Å². The minimum absolute atomic E-state index is 0.387. The second-order valence-corrected chi connectivity index (χ2v) is 8.83. The summed E-state index contributed by atoms with van der Waals surface area (Å²) in [5.41, 5.74) is 0. The minimum atomic E-state index is -0.467. The van der Waals surface area contributed by atoms with Crippen molar-refractivity contribution in [2.75, 3.05) is 37.9 Å². The fourth-order valence-corrected chi connectivity index (χ4v) is 3.85. The van der Waals surface area contributed by atoms with Crippen molar-refractivity contribution in [2.45, 2.75) is 91.3 Å². The Balaban J connectivity index is 3.67. The maximum atomic E-state index is 10.0. The first-order chi connectivity index (χ1) is 13.1. The average molecular weight is 407 g/mol. The van der Waals surface area contributed by atoms with Gasteiger partial charge >= 0.3 is 0 Å². The van der Waals surface area contributed by atoms with E-state index in [1.54, 1.807) is 11.8 Å². The van der Waals surface area contributed by atoms with Gasteiger partial charge in [0.15, 0.2) is 0 Å². The van der Waals surface area contributed by atoms with Crippen molar-refractivity contribution in [2.24, 2.45) is 11.8 Å². The SMILES string of the molecule is CCCCC(CC)COCC(O)CSCC(O)COCC(CC)CCCC. The van der Waals surface area contributed by atoms with E-state index in [1.807, 2.05) is 0 Å². The highest BCUT2D eigenvalue weighted by atomic mass is 32.2. The van der Waals surface area contributed by atoms with Gasteiger partial charge in [0.2, 0.25) is 0 Å². The van der Waals surface area contributed by atoms with Crippen molar-refractivity contribution >= 4 is 11.8 Å². The molecule has 0 spiro atoms. The van der Waals surface area contributed by atoms with Crippen LogP contribution >= 0.6 is 11.8 Å². The third-order valence-corrected chi connectivity index (χ3v) is 6.28. The van der Waals surface area contributed by atoms with Gasteiger partial charge in [-0.2, -0.15) is 11.8 Å². The van der Waals surface area contributed by atoms with Crippen LogP contribution < -0.4 is 0 Å². The molecule has 0 aliphatic rings. The molecule has 2 N–H and O–H groups in total. The van der Waals surface area contributed by atoms with Crippen molar-refractivity contribution in [1.82, 2.24) is 0 Å². The van der Waals surface area contributed by atoms with Gasteiger partial charge in [-0.1, -0.05) is 66.2 Å². The maximum Gasteiger partial charge on any atom is 0.0863 e. The van der Waals surface area contributed by atoms with Gasteiger partial charge in [0.1, 0.15) is 0 Å². The normalized spacial score (nSPS) is 16.2. The predicted molar refractivity (Wildman–Crippen MR) is 118 cm³/mol. The highest BCUT2D eigenvalue weighted by Crippen LogP contribution is 2.15. The number of hydrogen-bond acceptors (Lipinski definition) is 5. The summed E-state index contributed by atoms with van der Waals surface area (Å²) in [5, 5.41) is 20.1. The van der Waals surface area contributed by atoms with E-state index in [9.17, 15) is 10.2 Å². The van der Waals surface area contributed by atoms with Crippen molar-refractivity contribution in [3.8, 4) is 0 Å². The molecule has 4 atom stereocenters. The first kappa shape index (κ1) is 27.2. The van der Waals surface area contributed by atoms with Gasteiger partial charge in [0.05, 0.1) is 25.4 Å².